The van der Waals surface area contributed by atoms with Gasteiger partial charge in [-0.3, -0.25) is 9.48 Å². The van der Waals surface area contributed by atoms with E-state index in [4.69, 9.17) is 0 Å². The van der Waals surface area contributed by atoms with E-state index in [0.717, 1.165) is 38.8 Å². The molecule has 0 bridgehead atoms. The van der Waals surface area contributed by atoms with Crippen LogP contribution in [0.25, 0.3) is 0 Å². The Labute approximate surface area is 136 Å². The second kappa shape index (κ2) is 5.81. The van der Waals surface area contributed by atoms with Crippen molar-refractivity contribution in [3.8, 4) is 0 Å². The van der Waals surface area contributed by atoms with Gasteiger partial charge in [-0.2, -0.15) is 5.10 Å². The lowest BCUT2D eigenvalue weighted by atomic mass is 9.87. The number of amides is 1. The zero-order valence-electron chi connectivity index (χ0n) is 13.2. The standard InChI is InChI=1S/C18H22N4O/c23-17(21-16-7-6-14-4-1-2-5-15(14)16)18(8-11-19-12-9-18)22-13-3-10-20-22/h1-5,10,13,16,19H,6-9,11-12H2,(H,21,23). The SMILES string of the molecule is O=C(NC1CCc2ccccc21)C1(n2cccn2)CCNCC1. The zero-order chi connectivity index (χ0) is 15.7. The van der Waals surface area contributed by atoms with Crippen LogP contribution in [0.2, 0.25) is 0 Å². The van der Waals surface area contributed by atoms with Gasteiger partial charge in [0.15, 0.2) is 0 Å². The molecule has 5 heteroatoms. The number of carbonyl (C=O) groups excluding carboxylic acids is 1. The van der Waals surface area contributed by atoms with Gasteiger partial charge in [0.25, 0.3) is 0 Å². The lowest BCUT2D eigenvalue weighted by Gasteiger charge is -2.37. The lowest BCUT2D eigenvalue weighted by molar-refractivity contribution is -0.132. The fourth-order valence-corrected chi connectivity index (χ4v) is 3.92. The van der Waals surface area contributed by atoms with Gasteiger partial charge in [-0.1, -0.05) is 24.3 Å². The van der Waals surface area contributed by atoms with Crippen LogP contribution in [-0.2, 0) is 16.8 Å². The monoisotopic (exact) mass is 310 g/mol. The van der Waals surface area contributed by atoms with Crippen molar-refractivity contribution in [2.24, 2.45) is 0 Å². The summed E-state index contributed by atoms with van der Waals surface area (Å²) in [4.78, 5) is 13.2. The van der Waals surface area contributed by atoms with Crippen LogP contribution in [0.15, 0.2) is 42.7 Å². The predicted molar refractivity (Wildman–Crippen MR) is 88.0 cm³/mol. The summed E-state index contributed by atoms with van der Waals surface area (Å²) in [5.41, 5.74) is 2.06. The molecule has 1 aliphatic heterocycles. The van der Waals surface area contributed by atoms with Gasteiger partial charge in [-0.25, -0.2) is 0 Å². The van der Waals surface area contributed by atoms with Crippen molar-refractivity contribution in [2.45, 2.75) is 37.3 Å². The van der Waals surface area contributed by atoms with Crippen molar-refractivity contribution < 1.29 is 4.79 Å². The second-order valence-corrected chi connectivity index (χ2v) is 6.50. The number of nitrogens with zero attached hydrogens (tertiary/aromatic N) is 2. The van der Waals surface area contributed by atoms with Crippen molar-refractivity contribution >= 4 is 5.91 Å². The Kier molecular flexibility index (Phi) is 3.65. The van der Waals surface area contributed by atoms with Crippen molar-refractivity contribution in [3.63, 3.8) is 0 Å². The first-order valence-corrected chi connectivity index (χ1v) is 8.39. The number of aromatic nitrogens is 2. The molecule has 1 aliphatic carbocycles. The quantitative estimate of drug-likeness (QED) is 0.908. The summed E-state index contributed by atoms with van der Waals surface area (Å²) in [6, 6.07) is 10.4. The summed E-state index contributed by atoms with van der Waals surface area (Å²) in [7, 11) is 0. The Morgan fingerprint density at radius 3 is 2.87 bits per heavy atom. The largest absolute Gasteiger partial charge is 0.347 e. The van der Waals surface area contributed by atoms with E-state index < -0.39 is 5.54 Å². The van der Waals surface area contributed by atoms with Gasteiger partial charge in [-0.15, -0.1) is 0 Å². The van der Waals surface area contributed by atoms with Gasteiger partial charge in [-0.05, 0) is 56.0 Å². The maximum Gasteiger partial charge on any atom is 0.248 e. The molecule has 1 fully saturated rings. The van der Waals surface area contributed by atoms with E-state index in [1.165, 1.54) is 11.1 Å². The Morgan fingerprint density at radius 1 is 1.26 bits per heavy atom. The predicted octanol–water partition coefficient (Wildman–Crippen LogP) is 1.77. The highest BCUT2D eigenvalue weighted by atomic mass is 16.2. The van der Waals surface area contributed by atoms with Crippen LogP contribution in [0.1, 0.15) is 36.4 Å². The van der Waals surface area contributed by atoms with Gasteiger partial charge in [0.1, 0.15) is 5.54 Å². The van der Waals surface area contributed by atoms with E-state index in [2.05, 4.69) is 40.0 Å². The van der Waals surface area contributed by atoms with Crippen molar-refractivity contribution in [2.75, 3.05) is 13.1 Å². The number of benzene rings is 1. The number of hydrogen-bond donors (Lipinski definition) is 2. The Bertz CT molecular complexity index is 689. The normalized spacial score (nSPS) is 22.5. The molecular formula is C18H22N4O. The van der Waals surface area contributed by atoms with Crippen LogP contribution >= 0.6 is 0 Å². The molecule has 1 atom stereocenters. The van der Waals surface area contributed by atoms with E-state index in [-0.39, 0.29) is 11.9 Å². The molecule has 0 radical (unpaired) electrons. The molecule has 5 nitrogen and oxygen atoms in total. The van der Waals surface area contributed by atoms with Crippen LogP contribution in [0.5, 0.6) is 0 Å². The van der Waals surface area contributed by atoms with Crippen LogP contribution in [0.3, 0.4) is 0 Å². The minimum absolute atomic E-state index is 0.101. The highest BCUT2D eigenvalue weighted by molar-refractivity contribution is 5.85. The lowest BCUT2D eigenvalue weighted by Crippen LogP contribution is -2.55. The molecule has 1 saturated heterocycles. The topological polar surface area (TPSA) is 59.0 Å². The average Bonchev–Trinajstić information content (AvgIpc) is 3.26. The fourth-order valence-electron chi connectivity index (χ4n) is 3.92. The highest BCUT2D eigenvalue weighted by Crippen LogP contribution is 2.33. The number of aryl methyl sites for hydroxylation is 1. The van der Waals surface area contributed by atoms with E-state index >= 15 is 0 Å². The Balaban J connectivity index is 1.60. The third-order valence-corrected chi connectivity index (χ3v) is 5.23. The Hall–Kier alpha value is -2.14. The molecule has 0 saturated carbocycles. The van der Waals surface area contributed by atoms with Crippen LogP contribution in [0.4, 0.5) is 0 Å². The third kappa shape index (κ3) is 2.45. The summed E-state index contributed by atoms with van der Waals surface area (Å²) in [6.45, 7) is 1.68. The molecular weight excluding hydrogens is 288 g/mol. The molecule has 2 aliphatic rings. The molecule has 1 unspecified atom stereocenters. The van der Waals surface area contributed by atoms with Crippen molar-refractivity contribution in [1.82, 2.24) is 20.4 Å². The molecule has 2 heterocycles. The van der Waals surface area contributed by atoms with Gasteiger partial charge < -0.3 is 10.6 Å². The molecule has 1 aromatic heterocycles. The summed E-state index contributed by atoms with van der Waals surface area (Å²) < 4.78 is 1.85. The van der Waals surface area contributed by atoms with Crippen molar-refractivity contribution in [1.29, 1.82) is 0 Å². The number of fused-ring (bicyclic) bond motifs is 1. The van der Waals surface area contributed by atoms with Crippen LogP contribution in [-0.4, -0.2) is 28.8 Å². The van der Waals surface area contributed by atoms with E-state index in [1.54, 1.807) is 6.20 Å². The van der Waals surface area contributed by atoms with E-state index in [1.807, 2.05) is 16.9 Å². The highest BCUT2D eigenvalue weighted by Gasteiger charge is 2.43. The maximum absolute atomic E-state index is 13.2. The fraction of sp³-hybridized carbons (Fsp3) is 0.444. The van der Waals surface area contributed by atoms with E-state index in [9.17, 15) is 4.79 Å². The summed E-state index contributed by atoms with van der Waals surface area (Å²) in [5.74, 6) is 0.101. The molecule has 2 N–H and O–H groups in total. The molecule has 1 aromatic carbocycles. The van der Waals surface area contributed by atoms with Crippen molar-refractivity contribution in [3.05, 3.63) is 53.9 Å². The van der Waals surface area contributed by atoms with Crippen LogP contribution in [0, 0.1) is 0 Å². The second-order valence-electron chi connectivity index (χ2n) is 6.50. The smallest absolute Gasteiger partial charge is 0.248 e. The summed E-state index contributed by atoms with van der Waals surface area (Å²) >= 11 is 0. The average molecular weight is 310 g/mol. The molecule has 1 amide bonds. The van der Waals surface area contributed by atoms with E-state index in [0.29, 0.717) is 0 Å². The van der Waals surface area contributed by atoms with Gasteiger partial charge in [0.2, 0.25) is 5.91 Å². The van der Waals surface area contributed by atoms with Gasteiger partial charge in [0, 0.05) is 12.4 Å². The summed E-state index contributed by atoms with van der Waals surface area (Å²) in [6.07, 6.45) is 7.23. The number of piperidine rings is 1. The summed E-state index contributed by atoms with van der Waals surface area (Å²) in [5, 5.41) is 11.0. The molecule has 120 valence electrons. The number of nitrogens with one attached hydrogen (secondary N) is 2. The zero-order valence-corrected chi connectivity index (χ0v) is 13.2. The first kappa shape index (κ1) is 14.5. The van der Waals surface area contributed by atoms with Gasteiger partial charge >= 0.3 is 0 Å². The first-order chi connectivity index (χ1) is 11.3. The minimum Gasteiger partial charge on any atom is -0.347 e. The number of rotatable bonds is 3. The third-order valence-electron chi connectivity index (χ3n) is 5.23. The Morgan fingerprint density at radius 2 is 2.09 bits per heavy atom. The molecule has 4 rings (SSSR count). The molecule has 23 heavy (non-hydrogen) atoms. The molecule has 2 aromatic rings. The van der Waals surface area contributed by atoms with Gasteiger partial charge in [0.05, 0.1) is 6.04 Å². The number of hydrogen-bond acceptors (Lipinski definition) is 3. The first-order valence-electron chi connectivity index (χ1n) is 8.39. The molecule has 0 spiro atoms. The maximum atomic E-state index is 13.2. The number of carbonyl (C=O) groups is 1. The minimum atomic E-state index is -0.563. The van der Waals surface area contributed by atoms with Crippen LogP contribution < -0.4 is 10.6 Å².